The van der Waals surface area contributed by atoms with Crippen molar-refractivity contribution >= 4 is 0 Å². The fraction of sp³-hybridized carbons (Fsp3) is 0.692. The maximum absolute atomic E-state index is 13.1. The van der Waals surface area contributed by atoms with E-state index in [-0.39, 0.29) is 17.5 Å². The molecule has 1 aromatic rings. The molecule has 0 amide bonds. The second kappa shape index (κ2) is 4.55. The molecule has 0 aliphatic carbocycles. The molecule has 3 nitrogen and oxygen atoms in total. The van der Waals surface area contributed by atoms with Crippen LogP contribution in [0.1, 0.15) is 45.9 Å². The molecule has 0 aliphatic rings. The summed E-state index contributed by atoms with van der Waals surface area (Å²) in [5.74, 6) is 0. The molecule has 0 atom stereocenters. The summed E-state index contributed by atoms with van der Waals surface area (Å²) >= 11 is 0. The van der Waals surface area contributed by atoms with Crippen molar-refractivity contribution in [3.63, 3.8) is 0 Å². The summed E-state index contributed by atoms with van der Waals surface area (Å²) in [5, 5.41) is 12.1. The van der Waals surface area contributed by atoms with Gasteiger partial charge in [-0.1, -0.05) is 34.6 Å². The Morgan fingerprint density at radius 3 is 2.11 bits per heavy atom. The molecular formula is C13H18F3N3. The van der Waals surface area contributed by atoms with Crippen LogP contribution in [0.15, 0.2) is 6.20 Å². The second-order valence-corrected chi connectivity index (χ2v) is 6.12. The predicted molar refractivity (Wildman–Crippen MR) is 65.3 cm³/mol. The maximum atomic E-state index is 13.1. The van der Waals surface area contributed by atoms with Crippen LogP contribution in [0.3, 0.4) is 0 Å². The number of hydrogen-bond donors (Lipinski definition) is 0. The number of rotatable bonds is 2. The van der Waals surface area contributed by atoms with Gasteiger partial charge in [0.05, 0.1) is 6.07 Å². The fourth-order valence-corrected chi connectivity index (χ4v) is 1.65. The van der Waals surface area contributed by atoms with Crippen molar-refractivity contribution in [1.82, 2.24) is 9.78 Å². The minimum atomic E-state index is -4.52. The van der Waals surface area contributed by atoms with Gasteiger partial charge in [-0.05, 0) is 10.8 Å². The number of nitrogens with zero attached hydrogens (tertiary/aromatic N) is 3. The van der Waals surface area contributed by atoms with E-state index < -0.39 is 17.3 Å². The minimum Gasteiger partial charge on any atom is -0.258 e. The molecule has 6 heteroatoms. The second-order valence-electron chi connectivity index (χ2n) is 6.12. The summed E-state index contributed by atoms with van der Waals surface area (Å²) in [4.78, 5) is 0. The highest BCUT2D eigenvalue weighted by Crippen LogP contribution is 2.45. The van der Waals surface area contributed by atoms with E-state index in [1.165, 1.54) is 6.20 Å². The molecule has 0 aromatic carbocycles. The van der Waals surface area contributed by atoms with Crippen molar-refractivity contribution in [3.8, 4) is 6.07 Å². The van der Waals surface area contributed by atoms with Crippen LogP contribution in [0.25, 0.3) is 0 Å². The highest BCUT2D eigenvalue weighted by molar-refractivity contribution is 5.30. The largest absolute Gasteiger partial charge is 0.435 e. The summed E-state index contributed by atoms with van der Waals surface area (Å²) in [6, 6.07) is 1.80. The normalized spacial score (nSPS) is 13.4. The zero-order chi connectivity index (χ0) is 15.1. The van der Waals surface area contributed by atoms with Gasteiger partial charge in [-0.3, -0.25) is 4.68 Å². The van der Waals surface area contributed by atoms with E-state index in [1.54, 1.807) is 19.9 Å². The summed E-state index contributed by atoms with van der Waals surface area (Å²) < 4.78 is 40.2. The molecule has 0 saturated carbocycles. The standard InChI is InChI=1S/C13H18F3N3/c1-11(2,3)12(4,5)9-8-19(7-6-17)18-10(9)13(14,15)16/h8H,7H2,1-5H3. The lowest BCUT2D eigenvalue weighted by Crippen LogP contribution is -2.35. The van der Waals surface area contributed by atoms with Crippen LogP contribution in [0.2, 0.25) is 0 Å². The van der Waals surface area contributed by atoms with Crippen molar-refractivity contribution in [3.05, 3.63) is 17.5 Å². The van der Waals surface area contributed by atoms with Crippen molar-refractivity contribution in [1.29, 1.82) is 5.26 Å². The Bertz CT molecular complexity index is 499. The van der Waals surface area contributed by atoms with E-state index in [2.05, 4.69) is 5.10 Å². The first-order valence-corrected chi connectivity index (χ1v) is 5.93. The van der Waals surface area contributed by atoms with Crippen LogP contribution < -0.4 is 0 Å². The highest BCUT2D eigenvalue weighted by atomic mass is 19.4. The number of hydrogen-bond acceptors (Lipinski definition) is 2. The lowest BCUT2D eigenvalue weighted by molar-refractivity contribution is -0.142. The molecule has 0 bridgehead atoms. The van der Waals surface area contributed by atoms with E-state index in [4.69, 9.17) is 5.26 Å². The van der Waals surface area contributed by atoms with Crippen LogP contribution in [-0.4, -0.2) is 9.78 Å². The van der Waals surface area contributed by atoms with E-state index in [0.717, 1.165) is 4.68 Å². The molecule has 0 spiro atoms. The SMILES string of the molecule is CC(C)(C)C(C)(C)c1cn(CC#N)nc1C(F)(F)F. The number of alkyl halides is 3. The molecule has 1 rings (SSSR count). The average molecular weight is 273 g/mol. The molecule has 0 radical (unpaired) electrons. The van der Waals surface area contributed by atoms with Gasteiger partial charge in [0, 0.05) is 11.8 Å². The molecule has 19 heavy (non-hydrogen) atoms. The lowest BCUT2D eigenvalue weighted by atomic mass is 9.65. The molecule has 106 valence electrons. The van der Waals surface area contributed by atoms with Gasteiger partial charge < -0.3 is 0 Å². The van der Waals surface area contributed by atoms with Crippen molar-refractivity contribution in [2.45, 2.75) is 52.8 Å². The van der Waals surface area contributed by atoms with Crippen LogP contribution in [0, 0.1) is 16.7 Å². The Hall–Kier alpha value is -1.51. The third-order valence-electron chi connectivity index (χ3n) is 3.81. The quantitative estimate of drug-likeness (QED) is 0.823. The van der Waals surface area contributed by atoms with E-state index >= 15 is 0 Å². The minimum absolute atomic E-state index is 0.128. The molecule has 1 heterocycles. The van der Waals surface area contributed by atoms with Crippen LogP contribution in [0.5, 0.6) is 0 Å². The Morgan fingerprint density at radius 1 is 1.21 bits per heavy atom. The molecule has 0 saturated heterocycles. The topological polar surface area (TPSA) is 41.6 Å². The monoisotopic (exact) mass is 273 g/mol. The van der Waals surface area contributed by atoms with Crippen LogP contribution in [0.4, 0.5) is 13.2 Å². The van der Waals surface area contributed by atoms with E-state index in [0.29, 0.717) is 0 Å². The van der Waals surface area contributed by atoms with Gasteiger partial charge in [-0.25, -0.2) is 0 Å². The smallest absolute Gasteiger partial charge is 0.258 e. The van der Waals surface area contributed by atoms with Gasteiger partial charge in [0.25, 0.3) is 0 Å². The summed E-state index contributed by atoms with van der Waals surface area (Å²) in [7, 11) is 0. The van der Waals surface area contributed by atoms with Crippen molar-refractivity contribution in [2.24, 2.45) is 5.41 Å². The van der Waals surface area contributed by atoms with Crippen molar-refractivity contribution < 1.29 is 13.2 Å². The van der Waals surface area contributed by atoms with Crippen molar-refractivity contribution in [2.75, 3.05) is 0 Å². The Kier molecular flexibility index (Phi) is 3.72. The summed E-state index contributed by atoms with van der Waals surface area (Å²) in [6.07, 6.45) is -3.18. The molecule has 0 aliphatic heterocycles. The summed E-state index contributed by atoms with van der Waals surface area (Å²) in [5.41, 5.74) is -1.86. The van der Waals surface area contributed by atoms with Crippen LogP contribution in [-0.2, 0) is 18.1 Å². The predicted octanol–water partition coefficient (Wildman–Crippen LogP) is 3.75. The lowest BCUT2D eigenvalue weighted by Gasteiger charge is -2.39. The Labute approximate surface area is 111 Å². The first kappa shape index (κ1) is 15.5. The number of aromatic nitrogens is 2. The fourth-order valence-electron chi connectivity index (χ4n) is 1.65. The first-order chi connectivity index (χ1) is 8.41. The van der Waals surface area contributed by atoms with E-state index in [9.17, 15) is 13.2 Å². The molecule has 0 unspecified atom stereocenters. The molecular weight excluding hydrogens is 255 g/mol. The van der Waals surface area contributed by atoms with Gasteiger partial charge in [0.15, 0.2) is 5.69 Å². The van der Waals surface area contributed by atoms with Gasteiger partial charge in [0.1, 0.15) is 6.54 Å². The average Bonchev–Trinajstić information content (AvgIpc) is 2.60. The van der Waals surface area contributed by atoms with E-state index in [1.807, 2.05) is 20.8 Å². The zero-order valence-electron chi connectivity index (χ0n) is 11.8. The number of nitriles is 1. The Balaban J connectivity index is 3.46. The van der Waals surface area contributed by atoms with Gasteiger partial charge in [0.2, 0.25) is 0 Å². The van der Waals surface area contributed by atoms with Gasteiger partial charge in [-0.2, -0.15) is 23.5 Å². The summed E-state index contributed by atoms with van der Waals surface area (Å²) in [6.45, 7) is 8.98. The van der Waals surface area contributed by atoms with Gasteiger partial charge in [-0.15, -0.1) is 0 Å². The zero-order valence-corrected chi connectivity index (χ0v) is 11.8. The van der Waals surface area contributed by atoms with Crippen LogP contribution >= 0.6 is 0 Å². The third kappa shape index (κ3) is 2.91. The molecule has 0 fully saturated rings. The number of halogens is 3. The Morgan fingerprint density at radius 2 is 1.74 bits per heavy atom. The first-order valence-electron chi connectivity index (χ1n) is 5.93. The third-order valence-corrected chi connectivity index (χ3v) is 3.81. The van der Waals surface area contributed by atoms with Gasteiger partial charge >= 0.3 is 6.18 Å². The molecule has 0 N–H and O–H groups in total. The maximum Gasteiger partial charge on any atom is 0.435 e. The molecule has 1 aromatic heterocycles. The highest BCUT2D eigenvalue weighted by Gasteiger charge is 2.45.